The van der Waals surface area contributed by atoms with Crippen molar-refractivity contribution in [2.45, 2.75) is 52.4 Å². The van der Waals surface area contributed by atoms with Crippen molar-refractivity contribution in [1.82, 2.24) is 10.6 Å². The van der Waals surface area contributed by atoms with E-state index in [1.807, 2.05) is 26.8 Å². The van der Waals surface area contributed by atoms with Gasteiger partial charge in [0.25, 0.3) is 0 Å². The second-order valence-corrected chi connectivity index (χ2v) is 6.92. The Morgan fingerprint density at radius 1 is 1.32 bits per heavy atom. The number of rotatable bonds is 7. The van der Waals surface area contributed by atoms with Crippen molar-refractivity contribution >= 4 is 5.96 Å². The van der Waals surface area contributed by atoms with Gasteiger partial charge in [0.15, 0.2) is 5.96 Å². The molecular weight excluding hydrogens is 318 g/mol. The third kappa shape index (κ3) is 5.26. The second kappa shape index (κ2) is 8.43. The van der Waals surface area contributed by atoms with Crippen molar-refractivity contribution in [2.24, 2.45) is 4.99 Å². The average molecular weight is 349 g/mol. The van der Waals surface area contributed by atoms with Gasteiger partial charge in [-0.15, -0.1) is 0 Å². The smallest absolute Gasteiger partial charge is 0.191 e. The molecule has 2 rings (SSSR count). The Hall–Kier alpha value is -1.95. The van der Waals surface area contributed by atoms with Crippen LogP contribution in [0.3, 0.4) is 0 Å². The highest BCUT2D eigenvalue weighted by Gasteiger charge is 2.22. The maximum atomic E-state index is 5.86. The summed E-state index contributed by atoms with van der Waals surface area (Å²) in [7, 11) is 3.40. The molecular formula is C19H31N3O3. The fourth-order valence-electron chi connectivity index (χ4n) is 2.67. The molecule has 2 N–H and O–H groups in total. The third-order valence-corrected chi connectivity index (χ3v) is 4.28. The van der Waals surface area contributed by atoms with Crippen LogP contribution in [0.2, 0.25) is 0 Å². The molecule has 0 saturated carbocycles. The van der Waals surface area contributed by atoms with E-state index in [2.05, 4.69) is 28.6 Å². The van der Waals surface area contributed by atoms with Crippen LogP contribution >= 0.6 is 0 Å². The van der Waals surface area contributed by atoms with Crippen molar-refractivity contribution in [3.05, 3.63) is 23.3 Å². The Balaban J connectivity index is 2.13. The molecule has 6 nitrogen and oxygen atoms in total. The molecule has 1 aliphatic heterocycles. The summed E-state index contributed by atoms with van der Waals surface area (Å²) in [4.78, 5) is 4.68. The largest absolute Gasteiger partial charge is 0.496 e. The van der Waals surface area contributed by atoms with Crippen molar-refractivity contribution in [3.8, 4) is 11.5 Å². The maximum Gasteiger partial charge on any atom is 0.191 e. The molecule has 25 heavy (non-hydrogen) atoms. The minimum Gasteiger partial charge on any atom is -0.496 e. The molecule has 0 aliphatic carbocycles. The third-order valence-electron chi connectivity index (χ3n) is 4.28. The van der Waals surface area contributed by atoms with Crippen LogP contribution in [0.15, 0.2) is 17.1 Å². The number of guanidine groups is 1. The van der Waals surface area contributed by atoms with Crippen molar-refractivity contribution in [1.29, 1.82) is 0 Å². The van der Waals surface area contributed by atoms with Gasteiger partial charge in [0, 0.05) is 37.7 Å². The summed E-state index contributed by atoms with van der Waals surface area (Å²) in [6.45, 7) is 10.2. The molecule has 0 fully saturated rings. The van der Waals surface area contributed by atoms with Gasteiger partial charge in [-0.2, -0.15) is 0 Å². The van der Waals surface area contributed by atoms with E-state index in [9.17, 15) is 0 Å². The highest BCUT2D eigenvalue weighted by molar-refractivity contribution is 5.79. The minimum absolute atomic E-state index is 0.216. The molecule has 1 aromatic carbocycles. The lowest BCUT2D eigenvalue weighted by atomic mass is 10.1. The van der Waals surface area contributed by atoms with Gasteiger partial charge in [-0.3, -0.25) is 0 Å². The van der Waals surface area contributed by atoms with Gasteiger partial charge < -0.3 is 24.8 Å². The zero-order valence-electron chi connectivity index (χ0n) is 16.2. The fraction of sp³-hybridized carbons (Fsp3) is 0.632. The summed E-state index contributed by atoms with van der Waals surface area (Å²) in [5.41, 5.74) is 1.95. The van der Waals surface area contributed by atoms with Gasteiger partial charge >= 0.3 is 0 Å². The normalized spacial score (nSPS) is 17.0. The van der Waals surface area contributed by atoms with Crippen molar-refractivity contribution in [2.75, 3.05) is 27.3 Å². The first kappa shape index (κ1) is 19.4. The van der Waals surface area contributed by atoms with Crippen LogP contribution in [0.5, 0.6) is 11.5 Å². The van der Waals surface area contributed by atoms with E-state index in [0.29, 0.717) is 13.1 Å². The van der Waals surface area contributed by atoms with Crippen LogP contribution in [0.1, 0.15) is 38.8 Å². The monoisotopic (exact) mass is 349 g/mol. The lowest BCUT2D eigenvalue weighted by molar-refractivity contribution is 0.0268. The number of methoxy groups -OCH3 is 2. The van der Waals surface area contributed by atoms with Crippen molar-refractivity contribution < 1.29 is 14.2 Å². The molecule has 1 aromatic rings. The van der Waals surface area contributed by atoms with Crippen LogP contribution in [-0.2, 0) is 17.7 Å². The molecule has 0 aromatic heterocycles. The lowest BCUT2D eigenvalue weighted by Crippen LogP contribution is -2.45. The topological polar surface area (TPSA) is 64.1 Å². The first-order valence-electron chi connectivity index (χ1n) is 8.82. The molecule has 1 aliphatic rings. The van der Waals surface area contributed by atoms with Crippen LogP contribution in [-0.4, -0.2) is 45.0 Å². The van der Waals surface area contributed by atoms with E-state index in [1.165, 1.54) is 5.56 Å². The number of hydrogen-bond donors (Lipinski definition) is 2. The van der Waals surface area contributed by atoms with E-state index >= 15 is 0 Å². The molecule has 0 amide bonds. The molecule has 0 saturated heterocycles. The Labute approximate surface area is 151 Å². The number of ether oxygens (including phenoxy) is 3. The molecule has 1 atom stereocenters. The van der Waals surface area contributed by atoms with Gasteiger partial charge in [0.05, 0.1) is 19.3 Å². The van der Waals surface area contributed by atoms with E-state index in [1.54, 1.807) is 14.2 Å². The highest BCUT2D eigenvalue weighted by Crippen LogP contribution is 2.35. The van der Waals surface area contributed by atoms with Gasteiger partial charge in [0.2, 0.25) is 0 Å². The molecule has 6 heteroatoms. The van der Waals surface area contributed by atoms with E-state index < -0.39 is 0 Å². The molecule has 0 radical (unpaired) electrons. The Morgan fingerprint density at radius 2 is 2.08 bits per heavy atom. The van der Waals surface area contributed by atoms with Crippen LogP contribution in [0.25, 0.3) is 0 Å². The fourth-order valence-corrected chi connectivity index (χ4v) is 2.67. The predicted molar refractivity (Wildman–Crippen MR) is 101 cm³/mol. The predicted octanol–water partition coefficient (Wildman–Crippen LogP) is 2.50. The zero-order valence-corrected chi connectivity index (χ0v) is 16.2. The SMILES string of the molecule is CCNC(=NCc1cc2c(cc1OC)CC(C)O2)NCC(C)(C)OC. The molecule has 0 bridgehead atoms. The summed E-state index contributed by atoms with van der Waals surface area (Å²) in [6, 6.07) is 4.11. The number of hydrogen-bond acceptors (Lipinski definition) is 4. The van der Waals surface area contributed by atoms with Gasteiger partial charge in [0.1, 0.15) is 17.6 Å². The van der Waals surface area contributed by atoms with Gasteiger partial charge in [-0.05, 0) is 39.8 Å². The molecule has 1 heterocycles. The van der Waals surface area contributed by atoms with E-state index in [-0.39, 0.29) is 11.7 Å². The Morgan fingerprint density at radius 3 is 2.72 bits per heavy atom. The number of aliphatic imine (C=N–C) groups is 1. The molecule has 140 valence electrons. The number of nitrogens with one attached hydrogen (secondary N) is 2. The number of nitrogens with zero attached hydrogens (tertiary/aromatic N) is 1. The maximum absolute atomic E-state index is 5.86. The summed E-state index contributed by atoms with van der Waals surface area (Å²) < 4.78 is 16.8. The summed E-state index contributed by atoms with van der Waals surface area (Å²) >= 11 is 0. The van der Waals surface area contributed by atoms with Crippen LogP contribution in [0.4, 0.5) is 0 Å². The quantitative estimate of drug-likeness (QED) is 0.585. The van der Waals surface area contributed by atoms with E-state index in [4.69, 9.17) is 14.2 Å². The highest BCUT2D eigenvalue weighted by atomic mass is 16.5. The summed E-state index contributed by atoms with van der Waals surface area (Å²) in [6.07, 6.45) is 1.14. The summed E-state index contributed by atoms with van der Waals surface area (Å²) in [5.74, 6) is 2.55. The van der Waals surface area contributed by atoms with Gasteiger partial charge in [-0.1, -0.05) is 0 Å². The van der Waals surface area contributed by atoms with E-state index in [0.717, 1.165) is 36.0 Å². The zero-order chi connectivity index (χ0) is 18.4. The first-order valence-corrected chi connectivity index (χ1v) is 8.82. The minimum atomic E-state index is -0.259. The lowest BCUT2D eigenvalue weighted by Gasteiger charge is -2.24. The first-order chi connectivity index (χ1) is 11.9. The second-order valence-electron chi connectivity index (χ2n) is 6.92. The van der Waals surface area contributed by atoms with Crippen molar-refractivity contribution in [3.63, 3.8) is 0 Å². The van der Waals surface area contributed by atoms with Crippen LogP contribution < -0.4 is 20.1 Å². The average Bonchev–Trinajstić information content (AvgIpc) is 2.95. The Bertz CT molecular complexity index is 614. The number of benzene rings is 1. The molecule has 0 spiro atoms. The van der Waals surface area contributed by atoms with Gasteiger partial charge in [-0.25, -0.2) is 4.99 Å². The Kier molecular flexibility index (Phi) is 6.53. The van der Waals surface area contributed by atoms with Crippen LogP contribution in [0, 0.1) is 0 Å². The number of fused-ring (bicyclic) bond motifs is 1. The summed E-state index contributed by atoms with van der Waals surface area (Å²) in [5, 5.41) is 6.58. The standard InChI is InChI=1S/C19H31N3O3/c1-7-20-18(22-12-19(3,4)24-6)21-11-15-10-17-14(8-13(2)25-17)9-16(15)23-5/h9-10,13H,7-8,11-12H2,1-6H3,(H2,20,21,22). The molecule has 1 unspecified atom stereocenters.